The van der Waals surface area contributed by atoms with Crippen molar-refractivity contribution in [1.82, 2.24) is 9.78 Å². The summed E-state index contributed by atoms with van der Waals surface area (Å²) >= 11 is 0. The van der Waals surface area contributed by atoms with Crippen LogP contribution >= 0.6 is 0 Å². The normalized spacial score (nSPS) is 10.3. The third-order valence-corrected chi connectivity index (χ3v) is 3.16. The van der Waals surface area contributed by atoms with Crippen molar-refractivity contribution >= 4 is 5.82 Å². The van der Waals surface area contributed by atoms with E-state index in [9.17, 15) is 0 Å². The summed E-state index contributed by atoms with van der Waals surface area (Å²) in [7, 11) is 0. The molecule has 3 nitrogen and oxygen atoms in total. The van der Waals surface area contributed by atoms with Crippen molar-refractivity contribution in [3.8, 4) is 5.69 Å². The molecular weight excluding hydrogens is 234 g/mol. The highest BCUT2D eigenvalue weighted by molar-refractivity contribution is 5.48. The van der Waals surface area contributed by atoms with E-state index in [1.165, 1.54) is 5.57 Å². The summed E-state index contributed by atoms with van der Waals surface area (Å²) in [5.41, 5.74) is 3.48. The van der Waals surface area contributed by atoms with Gasteiger partial charge in [0.15, 0.2) is 0 Å². The Hall–Kier alpha value is -2.03. The summed E-state index contributed by atoms with van der Waals surface area (Å²) in [6.45, 7) is 6.36. The molecule has 0 spiro atoms. The molecule has 0 amide bonds. The van der Waals surface area contributed by atoms with Crippen molar-refractivity contribution < 1.29 is 0 Å². The molecule has 0 radical (unpaired) electrons. The molecule has 1 aromatic carbocycles. The average Bonchev–Trinajstić information content (AvgIpc) is 2.82. The molecule has 1 aromatic heterocycles. The Morgan fingerprint density at radius 1 is 1.21 bits per heavy atom. The van der Waals surface area contributed by atoms with Crippen molar-refractivity contribution in [3.63, 3.8) is 0 Å². The Morgan fingerprint density at radius 3 is 2.53 bits per heavy atom. The smallest absolute Gasteiger partial charge is 0.133 e. The number of aromatic nitrogens is 2. The molecule has 0 saturated heterocycles. The number of aryl methyl sites for hydroxylation is 1. The molecule has 1 N–H and O–H groups in total. The van der Waals surface area contributed by atoms with Crippen LogP contribution in [-0.2, 0) is 0 Å². The van der Waals surface area contributed by atoms with Gasteiger partial charge >= 0.3 is 0 Å². The largest absolute Gasteiger partial charge is 0.347 e. The lowest BCUT2D eigenvalue weighted by Crippen LogP contribution is -2.02. The summed E-state index contributed by atoms with van der Waals surface area (Å²) in [6, 6.07) is 12.2. The van der Waals surface area contributed by atoms with E-state index in [2.05, 4.69) is 48.7 Å². The minimum atomic E-state index is 1.00. The summed E-state index contributed by atoms with van der Waals surface area (Å²) in [5.74, 6) is 1.00. The lowest BCUT2D eigenvalue weighted by Gasteiger charge is -2.08. The van der Waals surface area contributed by atoms with Crippen LogP contribution in [-0.4, -0.2) is 9.78 Å². The van der Waals surface area contributed by atoms with E-state index < -0.39 is 0 Å². The Labute approximate surface area is 115 Å². The molecular formula is C16H21N3. The molecule has 3 heteroatoms. The second kappa shape index (κ2) is 6.23. The van der Waals surface area contributed by atoms with E-state index in [1.807, 2.05) is 29.8 Å². The van der Waals surface area contributed by atoms with Gasteiger partial charge in [-0.2, -0.15) is 5.10 Å². The zero-order chi connectivity index (χ0) is 13.7. The van der Waals surface area contributed by atoms with Gasteiger partial charge in [0.05, 0.1) is 11.4 Å². The lowest BCUT2D eigenvalue weighted by molar-refractivity contribution is 0.867. The highest BCUT2D eigenvalue weighted by Gasteiger charge is 2.05. The first-order valence-corrected chi connectivity index (χ1v) is 6.81. The zero-order valence-corrected chi connectivity index (χ0v) is 11.9. The molecule has 19 heavy (non-hydrogen) atoms. The molecule has 1 heterocycles. The predicted octanol–water partition coefficient (Wildman–Crippen LogP) is 4.30. The molecule has 2 aromatic rings. The van der Waals surface area contributed by atoms with E-state index in [0.717, 1.165) is 30.0 Å². The van der Waals surface area contributed by atoms with E-state index in [0.29, 0.717) is 0 Å². The molecule has 0 aliphatic heterocycles. The van der Waals surface area contributed by atoms with Crippen molar-refractivity contribution in [3.05, 3.63) is 53.9 Å². The van der Waals surface area contributed by atoms with Gasteiger partial charge in [-0.25, -0.2) is 4.68 Å². The molecule has 0 bridgehead atoms. The number of nitrogens with one attached hydrogen (secondary N) is 1. The van der Waals surface area contributed by atoms with Crippen LogP contribution in [0.4, 0.5) is 5.82 Å². The number of hydrogen-bond donors (Lipinski definition) is 1. The van der Waals surface area contributed by atoms with E-state index in [-0.39, 0.29) is 0 Å². The van der Waals surface area contributed by atoms with Crippen LogP contribution in [0.15, 0.2) is 48.2 Å². The van der Waals surface area contributed by atoms with E-state index in [1.54, 1.807) is 0 Å². The minimum absolute atomic E-state index is 1.00. The molecule has 0 aliphatic carbocycles. The highest BCUT2D eigenvalue weighted by atomic mass is 15.3. The van der Waals surface area contributed by atoms with Crippen molar-refractivity contribution in [1.29, 1.82) is 0 Å². The predicted molar refractivity (Wildman–Crippen MR) is 80.6 cm³/mol. The van der Waals surface area contributed by atoms with E-state index >= 15 is 0 Å². The van der Waals surface area contributed by atoms with Gasteiger partial charge in [0, 0.05) is 12.3 Å². The molecule has 2 rings (SSSR count). The first kappa shape index (κ1) is 13.4. The van der Waals surface area contributed by atoms with Gasteiger partial charge in [0.25, 0.3) is 0 Å². The first-order chi connectivity index (χ1) is 9.24. The van der Waals surface area contributed by atoms with Crippen LogP contribution in [0.2, 0.25) is 0 Å². The van der Waals surface area contributed by atoms with Gasteiger partial charge in [-0.15, -0.1) is 0 Å². The van der Waals surface area contributed by atoms with Crippen LogP contribution in [0, 0.1) is 6.92 Å². The Bertz CT molecular complexity index is 547. The number of rotatable bonds is 5. The maximum atomic E-state index is 4.54. The summed E-state index contributed by atoms with van der Waals surface area (Å²) in [4.78, 5) is 0. The van der Waals surface area contributed by atoms with Gasteiger partial charge in [0.1, 0.15) is 5.82 Å². The SMILES string of the molecule is CCC(=CNc1cc(C)nn1-c1ccccc1)CC. The van der Waals surface area contributed by atoms with Gasteiger partial charge in [-0.3, -0.25) is 0 Å². The fraction of sp³-hybridized carbons (Fsp3) is 0.312. The number of anilines is 1. The number of benzene rings is 1. The topological polar surface area (TPSA) is 29.9 Å². The molecule has 0 fully saturated rings. The molecule has 0 saturated carbocycles. The maximum absolute atomic E-state index is 4.54. The Morgan fingerprint density at radius 2 is 1.89 bits per heavy atom. The number of nitrogens with zero attached hydrogens (tertiary/aromatic N) is 2. The third-order valence-electron chi connectivity index (χ3n) is 3.16. The van der Waals surface area contributed by atoms with Crippen LogP contribution in [0.25, 0.3) is 5.69 Å². The van der Waals surface area contributed by atoms with E-state index in [4.69, 9.17) is 0 Å². The molecule has 0 aliphatic rings. The minimum Gasteiger partial charge on any atom is -0.347 e. The van der Waals surface area contributed by atoms with Gasteiger partial charge in [-0.05, 0) is 31.9 Å². The number of allylic oxidation sites excluding steroid dienone is 1. The van der Waals surface area contributed by atoms with Gasteiger partial charge in [-0.1, -0.05) is 37.6 Å². The Kier molecular flexibility index (Phi) is 4.39. The first-order valence-electron chi connectivity index (χ1n) is 6.81. The summed E-state index contributed by atoms with van der Waals surface area (Å²) < 4.78 is 1.94. The fourth-order valence-electron chi connectivity index (χ4n) is 2.00. The Balaban J connectivity index is 2.29. The van der Waals surface area contributed by atoms with Crippen molar-refractivity contribution in [2.75, 3.05) is 5.32 Å². The molecule has 100 valence electrons. The van der Waals surface area contributed by atoms with Crippen LogP contribution < -0.4 is 5.32 Å². The van der Waals surface area contributed by atoms with Gasteiger partial charge in [0.2, 0.25) is 0 Å². The standard InChI is InChI=1S/C16H21N3/c1-4-14(5-2)12-17-16-11-13(3)18-19(16)15-9-7-6-8-10-15/h6-12,17H,4-5H2,1-3H3. The third kappa shape index (κ3) is 3.25. The summed E-state index contributed by atoms with van der Waals surface area (Å²) in [6.07, 6.45) is 4.24. The number of hydrogen-bond acceptors (Lipinski definition) is 2. The van der Waals surface area contributed by atoms with Crippen LogP contribution in [0.1, 0.15) is 32.4 Å². The maximum Gasteiger partial charge on any atom is 0.133 e. The average molecular weight is 255 g/mol. The van der Waals surface area contributed by atoms with Gasteiger partial charge < -0.3 is 5.32 Å². The fourth-order valence-corrected chi connectivity index (χ4v) is 2.00. The lowest BCUT2D eigenvalue weighted by atomic mass is 10.2. The second-order valence-corrected chi connectivity index (χ2v) is 4.57. The quantitative estimate of drug-likeness (QED) is 0.863. The van der Waals surface area contributed by atoms with Crippen LogP contribution in [0.3, 0.4) is 0 Å². The van der Waals surface area contributed by atoms with Crippen LogP contribution in [0.5, 0.6) is 0 Å². The second-order valence-electron chi connectivity index (χ2n) is 4.57. The molecule has 0 atom stereocenters. The monoisotopic (exact) mass is 255 g/mol. The summed E-state index contributed by atoms with van der Waals surface area (Å²) in [5, 5.41) is 7.91. The van der Waals surface area contributed by atoms with Crippen molar-refractivity contribution in [2.24, 2.45) is 0 Å². The highest BCUT2D eigenvalue weighted by Crippen LogP contribution is 2.17. The van der Waals surface area contributed by atoms with Crippen molar-refractivity contribution in [2.45, 2.75) is 33.6 Å². The molecule has 0 unspecified atom stereocenters. The zero-order valence-electron chi connectivity index (χ0n) is 11.9. The number of para-hydroxylation sites is 1.